The van der Waals surface area contributed by atoms with E-state index in [2.05, 4.69) is 19.4 Å². The summed E-state index contributed by atoms with van der Waals surface area (Å²) < 4.78 is 27.0. The van der Waals surface area contributed by atoms with Gasteiger partial charge in [-0.25, -0.2) is 9.71 Å². The molecular weight excluding hydrogens is 204 g/mol. The summed E-state index contributed by atoms with van der Waals surface area (Å²) in [7, 11) is -2.06. The highest BCUT2D eigenvalue weighted by Crippen LogP contribution is 2.11. The normalized spacial score (nSPS) is 14.1. The first-order valence-electron chi connectivity index (χ1n) is 4.29. The third kappa shape index (κ3) is 2.79. The van der Waals surface area contributed by atoms with Gasteiger partial charge < -0.3 is 4.98 Å². The number of nitrogens with zero attached hydrogens (tertiary/aromatic N) is 1. The van der Waals surface area contributed by atoms with Crippen LogP contribution in [-0.4, -0.2) is 25.4 Å². The minimum absolute atomic E-state index is 0.317. The number of hydrogen-bond acceptors (Lipinski definition) is 3. The molecule has 7 heteroatoms. The van der Waals surface area contributed by atoms with Crippen LogP contribution in [0.3, 0.4) is 0 Å². The van der Waals surface area contributed by atoms with Crippen molar-refractivity contribution < 1.29 is 8.42 Å². The Hall–Kier alpha value is -0.920. The van der Waals surface area contributed by atoms with E-state index >= 15 is 0 Å². The highest BCUT2D eigenvalue weighted by Gasteiger charge is 2.17. The Bertz CT molecular complexity index is 359. The van der Waals surface area contributed by atoms with Crippen molar-refractivity contribution in [2.45, 2.75) is 19.4 Å². The molecule has 1 aromatic rings. The molecule has 0 amide bonds. The van der Waals surface area contributed by atoms with Gasteiger partial charge in [-0.1, -0.05) is 6.92 Å². The number of nitrogens with one attached hydrogen (secondary N) is 3. The first kappa shape index (κ1) is 11.2. The molecular formula is C7H14N4O2S. The average molecular weight is 218 g/mol. The van der Waals surface area contributed by atoms with E-state index in [1.807, 2.05) is 6.92 Å². The van der Waals surface area contributed by atoms with E-state index in [0.717, 1.165) is 0 Å². The zero-order chi connectivity index (χ0) is 10.6. The predicted molar refractivity (Wildman–Crippen MR) is 52.7 cm³/mol. The molecule has 1 atom stereocenters. The second-order valence-electron chi connectivity index (χ2n) is 2.76. The van der Waals surface area contributed by atoms with Gasteiger partial charge in [0.15, 0.2) is 0 Å². The molecule has 3 N–H and O–H groups in total. The second kappa shape index (κ2) is 4.54. The van der Waals surface area contributed by atoms with Crippen molar-refractivity contribution in [3.05, 3.63) is 18.2 Å². The summed E-state index contributed by atoms with van der Waals surface area (Å²) in [5.41, 5.74) is 0. The Morgan fingerprint density at radius 1 is 1.64 bits per heavy atom. The van der Waals surface area contributed by atoms with Crippen LogP contribution in [0.2, 0.25) is 0 Å². The van der Waals surface area contributed by atoms with Gasteiger partial charge in [0, 0.05) is 19.4 Å². The molecule has 0 saturated carbocycles. The molecule has 1 aromatic heterocycles. The minimum atomic E-state index is -3.42. The van der Waals surface area contributed by atoms with Crippen LogP contribution in [-0.2, 0) is 10.2 Å². The lowest BCUT2D eigenvalue weighted by atomic mass is 10.2. The fourth-order valence-corrected chi connectivity index (χ4v) is 1.82. The average Bonchev–Trinajstić information content (AvgIpc) is 2.67. The fourth-order valence-electron chi connectivity index (χ4n) is 1.05. The molecule has 0 aromatic carbocycles. The van der Waals surface area contributed by atoms with Crippen molar-refractivity contribution in [3.63, 3.8) is 0 Å². The molecule has 1 heterocycles. The van der Waals surface area contributed by atoms with Crippen LogP contribution >= 0.6 is 0 Å². The van der Waals surface area contributed by atoms with Crippen LogP contribution in [0.15, 0.2) is 12.4 Å². The zero-order valence-corrected chi connectivity index (χ0v) is 8.93. The lowest BCUT2D eigenvalue weighted by Gasteiger charge is -2.13. The number of aromatic nitrogens is 2. The molecule has 1 unspecified atom stereocenters. The molecule has 1 rings (SSSR count). The van der Waals surface area contributed by atoms with E-state index in [-0.39, 0.29) is 6.04 Å². The topological polar surface area (TPSA) is 86.9 Å². The Kier molecular flexibility index (Phi) is 3.62. The first-order chi connectivity index (χ1) is 6.59. The number of rotatable bonds is 5. The number of aromatic amines is 1. The lowest BCUT2D eigenvalue weighted by Crippen LogP contribution is -2.36. The number of H-pyrrole nitrogens is 1. The van der Waals surface area contributed by atoms with Crippen molar-refractivity contribution in [2.75, 3.05) is 7.05 Å². The van der Waals surface area contributed by atoms with Crippen LogP contribution in [0.1, 0.15) is 25.2 Å². The molecule has 0 saturated heterocycles. The van der Waals surface area contributed by atoms with Gasteiger partial charge in [-0.2, -0.15) is 13.1 Å². The molecule has 0 radical (unpaired) electrons. The smallest absolute Gasteiger partial charge is 0.277 e. The third-order valence-electron chi connectivity index (χ3n) is 1.82. The van der Waals surface area contributed by atoms with Gasteiger partial charge in [-0.05, 0) is 6.42 Å². The Morgan fingerprint density at radius 2 is 2.36 bits per heavy atom. The molecule has 0 aliphatic heterocycles. The van der Waals surface area contributed by atoms with E-state index in [1.165, 1.54) is 7.05 Å². The van der Waals surface area contributed by atoms with Crippen LogP contribution in [0.5, 0.6) is 0 Å². The molecule has 0 aliphatic carbocycles. The summed E-state index contributed by atoms with van der Waals surface area (Å²) >= 11 is 0. The minimum Gasteiger partial charge on any atom is -0.347 e. The number of hydrogen-bond donors (Lipinski definition) is 3. The van der Waals surface area contributed by atoms with Crippen molar-refractivity contribution in [3.8, 4) is 0 Å². The second-order valence-corrected chi connectivity index (χ2v) is 4.41. The fraction of sp³-hybridized carbons (Fsp3) is 0.571. The summed E-state index contributed by atoms with van der Waals surface area (Å²) in [6.07, 6.45) is 3.88. The summed E-state index contributed by atoms with van der Waals surface area (Å²) in [6, 6.07) is -0.317. The lowest BCUT2D eigenvalue weighted by molar-refractivity contribution is 0.532. The summed E-state index contributed by atoms with van der Waals surface area (Å²) in [5, 5.41) is 0. The van der Waals surface area contributed by atoms with Crippen molar-refractivity contribution >= 4 is 10.2 Å². The molecule has 0 spiro atoms. The predicted octanol–water partition coefficient (Wildman–Crippen LogP) is -0.0854. The van der Waals surface area contributed by atoms with Gasteiger partial charge in [0.1, 0.15) is 5.82 Å². The van der Waals surface area contributed by atoms with Crippen molar-refractivity contribution in [1.29, 1.82) is 0 Å². The van der Waals surface area contributed by atoms with Gasteiger partial charge in [-0.3, -0.25) is 0 Å². The van der Waals surface area contributed by atoms with E-state index in [0.29, 0.717) is 12.2 Å². The maximum Gasteiger partial charge on any atom is 0.277 e. The van der Waals surface area contributed by atoms with Gasteiger partial charge >= 0.3 is 0 Å². The largest absolute Gasteiger partial charge is 0.347 e. The maximum atomic E-state index is 11.2. The van der Waals surface area contributed by atoms with Gasteiger partial charge in [-0.15, -0.1) is 0 Å². The van der Waals surface area contributed by atoms with E-state index in [9.17, 15) is 8.42 Å². The molecule has 80 valence electrons. The standard InChI is InChI=1S/C7H14N4O2S/c1-3-6(7-9-4-5-10-7)11-14(12,13)8-2/h4-6,8,11H,3H2,1-2H3,(H,9,10). The molecule has 0 aliphatic rings. The molecule has 0 fully saturated rings. The monoisotopic (exact) mass is 218 g/mol. The van der Waals surface area contributed by atoms with Crippen molar-refractivity contribution in [2.24, 2.45) is 0 Å². The number of imidazole rings is 1. The zero-order valence-electron chi connectivity index (χ0n) is 8.11. The van der Waals surface area contributed by atoms with Crippen molar-refractivity contribution in [1.82, 2.24) is 19.4 Å². The molecule has 6 nitrogen and oxygen atoms in total. The van der Waals surface area contributed by atoms with Gasteiger partial charge in [0.05, 0.1) is 6.04 Å². The van der Waals surface area contributed by atoms with E-state index in [4.69, 9.17) is 0 Å². The third-order valence-corrected chi connectivity index (χ3v) is 2.96. The molecule has 0 bridgehead atoms. The van der Waals surface area contributed by atoms with Crippen LogP contribution in [0, 0.1) is 0 Å². The summed E-state index contributed by atoms with van der Waals surface area (Å²) in [4.78, 5) is 6.86. The summed E-state index contributed by atoms with van der Waals surface area (Å²) in [5.74, 6) is 0.617. The highest BCUT2D eigenvalue weighted by atomic mass is 32.2. The van der Waals surface area contributed by atoms with E-state index in [1.54, 1.807) is 12.4 Å². The Labute approximate surface area is 83.3 Å². The Balaban J connectivity index is 2.75. The SMILES string of the molecule is CCC(NS(=O)(=O)NC)c1ncc[nH]1. The Morgan fingerprint density at radius 3 is 2.79 bits per heavy atom. The molecule has 14 heavy (non-hydrogen) atoms. The first-order valence-corrected chi connectivity index (χ1v) is 5.77. The van der Waals surface area contributed by atoms with Gasteiger partial charge in [0.25, 0.3) is 10.2 Å². The van der Waals surface area contributed by atoms with E-state index < -0.39 is 10.2 Å². The maximum absolute atomic E-state index is 11.2. The van der Waals surface area contributed by atoms with Gasteiger partial charge in [0.2, 0.25) is 0 Å². The van der Waals surface area contributed by atoms with Crippen LogP contribution < -0.4 is 9.44 Å². The summed E-state index contributed by atoms with van der Waals surface area (Å²) in [6.45, 7) is 1.88. The highest BCUT2D eigenvalue weighted by molar-refractivity contribution is 7.87. The van der Waals surface area contributed by atoms with Crippen LogP contribution in [0.4, 0.5) is 0 Å². The van der Waals surface area contributed by atoms with Crippen LogP contribution in [0.25, 0.3) is 0 Å². The quantitative estimate of drug-likeness (QED) is 0.645.